The molecule has 0 atom stereocenters. The van der Waals surface area contributed by atoms with Crippen molar-refractivity contribution in [3.63, 3.8) is 0 Å². The highest BCUT2D eigenvalue weighted by atomic mass is 32.2. The van der Waals surface area contributed by atoms with Crippen molar-refractivity contribution in [3.05, 3.63) is 23.8 Å². The Hall–Kier alpha value is -2.13. The van der Waals surface area contributed by atoms with Gasteiger partial charge in [-0.05, 0) is 37.5 Å². The first-order valence-corrected chi connectivity index (χ1v) is 10.6. The van der Waals surface area contributed by atoms with Gasteiger partial charge in [0.1, 0.15) is 10.6 Å². The molecular weight excluding hydrogens is 370 g/mol. The van der Waals surface area contributed by atoms with Gasteiger partial charge >= 0.3 is 0 Å². The quantitative estimate of drug-likeness (QED) is 0.579. The first kappa shape index (κ1) is 21.2. The maximum Gasteiger partial charge on any atom is 0.251 e. The first-order valence-electron chi connectivity index (χ1n) is 9.12. The van der Waals surface area contributed by atoms with Crippen molar-refractivity contribution in [3.8, 4) is 5.75 Å². The van der Waals surface area contributed by atoms with Crippen molar-refractivity contribution in [2.24, 2.45) is 0 Å². The largest absolute Gasteiger partial charge is 0.495 e. The number of hydrogen-bond acceptors (Lipinski definition) is 5. The second-order valence-corrected chi connectivity index (χ2v) is 8.18. The highest BCUT2D eigenvalue weighted by molar-refractivity contribution is 7.89. The Balaban J connectivity index is 2.13. The fraction of sp³-hybridized carbons (Fsp3) is 0.556. The highest BCUT2D eigenvalue weighted by Crippen LogP contribution is 2.27. The molecule has 0 bridgehead atoms. The van der Waals surface area contributed by atoms with Crippen LogP contribution in [0.1, 0.15) is 49.4 Å². The van der Waals surface area contributed by atoms with E-state index in [4.69, 9.17) is 4.74 Å². The normalized spacial score (nSPS) is 14.7. The van der Waals surface area contributed by atoms with E-state index in [9.17, 15) is 18.0 Å². The molecule has 1 aromatic carbocycles. The fourth-order valence-electron chi connectivity index (χ4n) is 2.94. The topological polar surface area (TPSA) is 114 Å². The summed E-state index contributed by atoms with van der Waals surface area (Å²) >= 11 is 0. The predicted molar refractivity (Wildman–Crippen MR) is 101 cm³/mol. The minimum Gasteiger partial charge on any atom is -0.495 e. The van der Waals surface area contributed by atoms with E-state index >= 15 is 0 Å². The van der Waals surface area contributed by atoms with E-state index in [1.165, 1.54) is 25.3 Å². The number of nitrogens with one attached hydrogen (secondary N) is 3. The van der Waals surface area contributed by atoms with E-state index in [0.717, 1.165) is 32.1 Å². The van der Waals surface area contributed by atoms with Gasteiger partial charge in [-0.3, -0.25) is 9.59 Å². The summed E-state index contributed by atoms with van der Waals surface area (Å²) in [5, 5.41) is 5.14. The molecule has 1 aliphatic rings. The molecule has 0 aromatic heterocycles. The van der Waals surface area contributed by atoms with E-state index < -0.39 is 15.9 Å². The van der Waals surface area contributed by atoms with Gasteiger partial charge in [-0.2, -0.15) is 0 Å². The molecule has 1 aromatic rings. The Bertz CT molecular complexity index is 773. The summed E-state index contributed by atoms with van der Waals surface area (Å²) in [6, 6.07) is 4.08. The number of benzene rings is 1. The van der Waals surface area contributed by atoms with Crippen LogP contribution in [0.5, 0.6) is 5.75 Å². The van der Waals surface area contributed by atoms with Gasteiger partial charge in [0.2, 0.25) is 15.9 Å². The summed E-state index contributed by atoms with van der Waals surface area (Å²) in [5.74, 6) is -0.659. The van der Waals surface area contributed by atoms with Crippen molar-refractivity contribution in [2.75, 3.05) is 20.2 Å². The number of ether oxygens (including phenoxy) is 1. The zero-order valence-corrected chi connectivity index (χ0v) is 16.5. The van der Waals surface area contributed by atoms with Crippen LogP contribution in [0, 0.1) is 0 Å². The maximum absolute atomic E-state index is 12.7. The van der Waals surface area contributed by atoms with Gasteiger partial charge in [0, 0.05) is 18.2 Å². The number of methoxy groups -OCH3 is 1. The zero-order chi connectivity index (χ0) is 19.9. The molecule has 0 saturated heterocycles. The maximum atomic E-state index is 12.7. The minimum atomic E-state index is -3.82. The minimum absolute atomic E-state index is 0.0833. The van der Waals surface area contributed by atoms with Gasteiger partial charge in [-0.25, -0.2) is 13.1 Å². The molecular formula is C18H27N3O5S. The lowest BCUT2D eigenvalue weighted by atomic mass is 10.2. The zero-order valence-electron chi connectivity index (χ0n) is 15.7. The molecule has 2 rings (SSSR count). The molecule has 0 radical (unpaired) electrons. The van der Waals surface area contributed by atoms with Crippen molar-refractivity contribution in [1.82, 2.24) is 15.4 Å². The van der Waals surface area contributed by atoms with Crippen LogP contribution in [0.4, 0.5) is 0 Å². The predicted octanol–water partition coefficient (Wildman–Crippen LogP) is 1.17. The van der Waals surface area contributed by atoms with Crippen LogP contribution in [0.15, 0.2) is 23.1 Å². The molecule has 0 spiro atoms. The standard InChI is InChI=1S/C18H27N3O5S/c1-3-10-19-17(22)12-20-18(23)13-8-9-15(26-2)16(11-13)27(24,25)21-14-6-4-5-7-14/h8-9,11,14,21H,3-7,10,12H2,1-2H3,(H,19,22)(H,20,23). The number of sulfonamides is 1. The van der Waals surface area contributed by atoms with Gasteiger partial charge in [0.25, 0.3) is 5.91 Å². The van der Waals surface area contributed by atoms with Crippen LogP contribution in [-0.4, -0.2) is 46.5 Å². The summed E-state index contributed by atoms with van der Waals surface area (Å²) < 4.78 is 33.3. The number of hydrogen-bond donors (Lipinski definition) is 3. The second-order valence-electron chi connectivity index (χ2n) is 6.50. The molecule has 3 N–H and O–H groups in total. The lowest BCUT2D eigenvalue weighted by molar-refractivity contribution is -0.120. The van der Waals surface area contributed by atoms with Crippen molar-refractivity contribution >= 4 is 21.8 Å². The van der Waals surface area contributed by atoms with Crippen LogP contribution < -0.4 is 20.1 Å². The number of carbonyl (C=O) groups excluding carboxylic acids is 2. The van der Waals surface area contributed by atoms with Gasteiger partial charge in [0.15, 0.2) is 0 Å². The summed E-state index contributed by atoms with van der Waals surface area (Å²) in [6.07, 6.45) is 4.39. The van der Waals surface area contributed by atoms with Crippen LogP contribution in [0.3, 0.4) is 0 Å². The van der Waals surface area contributed by atoms with Crippen molar-refractivity contribution in [2.45, 2.75) is 50.0 Å². The third-order valence-electron chi connectivity index (χ3n) is 4.37. The molecule has 9 heteroatoms. The Morgan fingerprint density at radius 1 is 1.19 bits per heavy atom. The monoisotopic (exact) mass is 397 g/mol. The summed E-state index contributed by atoms with van der Waals surface area (Å²) in [4.78, 5) is 23.8. The average molecular weight is 397 g/mol. The molecule has 1 aliphatic carbocycles. The molecule has 8 nitrogen and oxygen atoms in total. The van der Waals surface area contributed by atoms with E-state index in [2.05, 4.69) is 15.4 Å². The average Bonchev–Trinajstić information content (AvgIpc) is 3.16. The summed E-state index contributed by atoms with van der Waals surface area (Å²) in [6.45, 7) is 2.29. The first-order chi connectivity index (χ1) is 12.9. The van der Waals surface area contributed by atoms with E-state index in [0.29, 0.717) is 6.54 Å². The van der Waals surface area contributed by atoms with Crippen LogP contribution in [0.2, 0.25) is 0 Å². The molecule has 0 aliphatic heterocycles. The lowest BCUT2D eigenvalue weighted by Crippen LogP contribution is -2.37. The second kappa shape index (κ2) is 9.70. The summed E-state index contributed by atoms with van der Waals surface area (Å²) in [5.41, 5.74) is 0.144. The lowest BCUT2D eigenvalue weighted by Gasteiger charge is -2.15. The number of amides is 2. The fourth-order valence-corrected chi connectivity index (χ4v) is 4.44. The molecule has 1 fully saturated rings. The highest BCUT2D eigenvalue weighted by Gasteiger charge is 2.26. The van der Waals surface area contributed by atoms with Crippen molar-refractivity contribution in [1.29, 1.82) is 0 Å². The Morgan fingerprint density at radius 3 is 2.52 bits per heavy atom. The molecule has 1 saturated carbocycles. The van der Waals surface area contributed by atoms with Gasteiger partial charge in [-0.1, -0.05) is 19.8 Å². The third kappa shape index (κ3) is 5.93. The van der Waals surface area contributed by atoms with E-state index in [1.54, 1.807) is 0 Å². The Labute approximate surface area is 160 Å². The molecule has 0 heterocycles. The summed E-state index contributed by atoms with van der Waals surface area (Å²) in [7, 11) is -2.44. The van der Waals surface area contributed by atoms with Gasteiger partial charge < -0.3 is 15.4 Å². The molecule has 2 amide bonds. The van der Waals surface area contributed by atoms with Gasteiger partial charge in [-0.15, -0.1) is 0 Å². The molecule has 27 heavy (non-hydrogen) atoms. The van der Waals surface area contributed by atoms with E-state index in [-0.39, 0.29) is 34.7 Å². The Morgan fingerprint density at radius 2 is 1.89 bits per heavy atom. The number of carbonyl (C=O) groups is 2. The van der Waals surface area contributed by atoms with E-state index in [1.807, 2.05) is 6.92 Å². The smallest absolute Gasteiger partial charge is 0.251 e. The Kier molecular flexibility index (Phi) is 7.61. The van der Waals surface area contributed by atoms with Crippen LogP contribution in [-0.2, 0) is 14.8 Å². The molecule has 0 unspecified atom stereocenters. The molecule has 150 valence electrons. The SMILES string of the molecule is CCCNC(=O)CNC(=O)c1ccc(OC)c(S(=O)(=O)NC2CCCC2)c1. The third-order valence-corrected chi connectivity index (χ3v) is 5.92. The number of rotatable bonds is 9. The van der Waals surface area contributed by atoms with Crippen molar-refractivity contribution < 1.29 is 22.7 Å². The van der Waals surface area contributed by atoms with Gasteiger partial charge in [0.05, 0.1) is 13.7 Å². The van der Waals surface area contributed by atoms with Crippen LogP contribution in [0.25, 0.3) is 0 Å². The van der Waals surface area contributed by atoms with Crippen LogP contribution >= 0.6 is 0 Å².